The van der Waals surface area contributed by atoms with Crippen LogP contribution in [0.25, 0.3) is 0 Å². The van der Waals surface area contributed by atoms with Gasteiger partial charge in [0.15, 0.2) is 0 Å². The van der Waals surface area contributed by atoms with Gasteiger partial charge in [-0.25, -0.2) is 0 Å². The van der Waals surface area contributed by atoms with Crippen molar-refractivity contribution in [3.05, 3.63) is 35.4 Å². The Morgan fingerprint density at radius 2 is 2.00 bits per heavy atom. The Kier molecular flexibility index (Phi) is 4.11. The molecule has 0 bridgehead atoms. The summed E-state index contributed by atoms with van der Waals surface area (Å²) in [4.78, 5) is 13.8. The highest BCUT2D eigenvalue weighted by Crippen LogP contribution is 2.41. The predicted octanol–water partition coefficient (Wildman–Crippen LogP) is 3.40. The molecule has 0 unspecified atom stereocenters. The zero-order chi connectivity index (χ0) is 15.8. The van der Waals surface area contributed by atoms with E-state index in [1.54, 1.807) is 16.7 Å². The van der Waals surface area contributed by atoms with E-state index in [0.717, 1.165) is 37.3 Å². The summed E-state index contributed by atoms with van der Waals surface area (Å²) in [7, 11) is 0. The molecule has 2 saturated heterocycles. The number of hydrogen-bond donors (Lipinski definition) is 0. The summed E-state index contributed by atoms with van der Waals surface area (Å²) in [5, 5.41) is 0. The Labute approximate surface area is 130 Å². The van der Waals surface area contributed by atoms with Crippen molar-refractivity contribution in [2.45, 2.75) is 24.0 Å². The highest BCUT2D eigenvalue weighted by molar-refractivity contribution is 8.00. The molecular formula is C15H16F3NO2S. The van der Waals surface area contributed by atoms with Crippen molar-refractivity contribution >= 4 is 17.7 Å². The van der Waals surface area contributed by atoms with Gasteiger partial charge in [0, 0.05) is 37.2 Å². The average molecular weight is 331 g/mol. The van der Waals surface area contributed by atoms with E-state index in [1.807, 2.05) is 0 Å². The number of carbonyl (C=O) groups excluding carboxylic acids is 1. The minimum Gasteiger partial charge on any atom is -0.363 e. The predicted molar refractivity (Wildman–Crippen MR) is 77.7 cm³/mol. The third-order valence-electron chi connectivity index (χ3n) is 4.06. The molecule has 0 radical (unpaired) electrons. The van der Waals surface area contributed by atoms with Gasteiger partial charge in [0.2, 0.25) is 0 Å². The monoisotopic (exact) mass is 331 g/mol. The first-order chi connectivity index (χ1) is 10.4. The highest BCUT2D eigenvalue weighted by atomic mass is 32.2. The zero-order valence-corrected chi connectivity index (χ0v) is 12.7. The molecule has 22 heavy (non-hydrogen) atoms. The van der Waals surface area contributed by atoms with Crippen LogP contribution in [0.3, 0.4) is 0 Å². The average Bonchev–Trinajstić information content (AvgIpc) is 2.95. The van der Waals surface area contributed by atoms with Crippen LogP contribution in [-0.2, 0) is 10.9 Å². The number of alkyl halides is 3. The number of likely N-dealkylation sites (tertiary alicyclic amines) is 1. The summed E-state index contributed by atoms with van der Waals surface area (Å²) in [5.41, 5.74) is -0.702. The molecule has 120 valence electrons. The van der Waals surface area contributed by atoms with Crippen LogP contribution < -0.4 is 0 Å². The first kappa shape index (κ1) is 15.7. The third-order valence-corrected chi connectivity index (χ3v) is 5.49. The number of benzene rings is 1. The Hall–Kier alpha value is -1.21. The van der Waals surface area contributed by atoms with E-state index in [0.29, 0.717) is 13.1 Å². The Bertz CT molecular complexity index is 560. The molecule has 2 heterocycles. The van der Waals surface area contributed by atoms with Crippen molar-refractivity contribution < 1.29 is 22.7 Å². The molecule has 1 aromatic rings. The van der Waals surface area contributed by atoms with Crippen LogP contribution in [0.5, 0.6) is 0 Å². The molecule has 3 rings (SSSR count). The van der Waals surface area contributed by atoms with Crippen molar-refractivity contribution in [1.82, 2.24) is 4.90 Å². The minimum absolute atomic E-state index is 0.0887. The van der Waals surface area contributed by atoms with Crippen LogP contribution in [0.2, 0.25) is 0 Å². The second-order valence-electron chi connectivity index (χ2n) is 5.48. The molecular weight excluding hydrogens is 315 g/mol. The second kappa shape index (κ2) is 5.77. The Balaban J connectivity index is 1.70. The lowest BCUT2D eigenvalue weighted by molar-refractivity contribution is -0.137. The number of ether oxygens (including phenoxy) is 1. The number of nitrogens with zero attached hydrogens (tertiary/aromatic N) is 1. The fourth-order valence-corrected chi connectivity index (χ4v) is 4.02. The lowest BCUT2D eigenvalue weighted by Crippen LogP contribution is -2.45. The fourth-order valence-electron chi connectivity index (χ4n) is 2.85. The Morgan fingerprint density at radius 1 is 1.27 bits per heavy atom. The summed E-state index contributed by atoms with van der Waals surface area (Å²) in [6, 6.07) is 4.61. The molecule has 0 aliphatic carbocycles. The summed E-state index contributed by atoms with van der Waals surface area (Å²) >= 11 is 1.77. The van der Waals surface area contributed by atoms with Gasteiger partial charge in [0.1, 0.15) is 4.93 Å². The van der Waals surface area contributed by atoms with E-state index >= 15 is 0 Å². The molecule has 0 atom stereocenters. The largest absolute Gasteiger partial charge is 0.416 e. The molecule has 7 heteroatoms. The number of rotatable bonds is 1. The maximum absolute atomic E-state index is 12.7. The van der Waals surface area contributed by atoms with Crippen molar-refractivity contribution in [3.8, 4) is 0 Å². The number of carbonyl (C=O) groups is 1. The van der Waals surface area contributed by atoms with Crippen LogP contribution in [0.4, 0.5) is 13.2 Å². The van der Waals surface area contributed by atoms with Gasteiger partial charge in [-0.15, -0.1) is 11.8 Å². The molecule has 2 fully saturated rings. The molecule has 0 aromatic heterocycles. The van der Waals surface area contributed by atoms with E-state index in [-0.39, 0.29) is 16.4 Å². The number of piperidine rings is 1. The molecule has 2 aliphatic rings. The zero-order valence-electron chi connectivity index (χ0n) is 11.9. The van der Waals surface area contributed by atoms with Crippen LogP contribution in [-0.4, -0.2) is 41.2 Å². The summed E-state index contributed by atoms with van der Waals surface area (Å²) in [6.07, 6.45) is -2.98. The lowest BCUT2D eigenvalue weighted by atomic mass is 10.0. The molecule has 1 aromatic carbocycles. The maximum atomic E-state index is 12.7. The van der Waals surface area contributed by atoms with Gasteiger partial charge in [-0.05, 0) is 18.2 Å². The van der Waals surface area contributed by atoms with Crippen LogP contribution >= 0.6 is 11.8 Å². The SMILES string of the molecule is O=C(c1cccc(C(F)(F)F)c1)N1CCC2(CC1)OCCS2. The van der Waals surface area contributed by atoms with Crippen LogP contribution in [0.1, 0.15) is 28.8 Å². The van der Waals surface area contributed by atoms with Gasteiger partial charge < -0.3 is 9.64 Å². The van der Waals surface area contributed by atoms with E-state index in [1.165, 1.54) is 12.1 Å². The molecule has 1 amide bonds. The van der Waals surface area contributed by atoms with Crippen molar-refractivity contribution in [2.75, 3.05) is 25.4 Å². The second-order valence-corrected chi connectivity index (χ2v) is 6.92. The van der Waals surface area contributed by atoms with Gasteiger partial charge in [0.05, 0.1) is 12.2 Å². The topological polar surface area (TPSA) is 29.5 Å². The number of amides is 1. The minimum atomic E-state index is -4.43. The van der Waals surface area contributed by atoms with E-state index in [4.69, 9.17) is 4.74 Å². The van der Waals surface area contributed by atoms with E-state index in [2.05, 4.69) is 0 Å². The first-order valence-electron chi connectivity index (χ1n) is 7.14. The van der Waals surface area contributed by atoms with Crippen molar-refractivity contribution in [2.24, 2.45) is 0 Å². The first-order valence-corrected chi connectivity index (χ1v) is 8.13. The summed E-state index contributed by atoms with van der Waals surface area (Å²) < 4.78 is 43.9. The van der Waals surface area contributed by atoms with Gasteiger partial charge >= 0.3 is 6.18 Å². The fraction of sp³-hybridized carbons (Fsp3) is 0.533. The normalized spacial score (nSPS) is 21.3. The molecule has 1 spiro atoms. The number of hydrogen-bond acceptors (Lipinski definition) is 3. The van der Waals surface area contributed by atoms with E-state index < -0.39 is 11.7 Å². The van der Waals surface area contributed by atoms with Gasteiger partial charge in [-0.1, -0.05) is 6.07 Å². The number of thioether (sulfide) groups is 1. The molecule has 0 saturated carbocycles. The summed E-state index contributed by atoms with van der Waals surface area (Å²) in [5.74, 6) is 0.616. The molecule has 2 aliphatic heterocycles. The van der Waals surface area contributed by atoms with E-state index in [9.17, 15) is 18.0 Å². The van der Waals surface area contributed by atoms with Gasteiger partial charge in [-0.3, -0.25) is 4.79 Å². The molecule has 0 N–H and O–H groups in total. The standard InChI is InChI=1S/C15H16F3NO2S/c16-15(17,18)12-3-1-2-11(10-12)13(20)19-6-4-14(5-7-19)21-8-9-22-14/h1-3,10H,4-9H2. The maximum Gasteiger partial charge on any atom is 0.416 e. The Morgan fingerprint density at radius 3 is 2.59 bits per heavy atom. The quantitative estimate of drug-likeness (QED) is 0.790. The van der Waals surface area contributed by atoms with Crippen molar-refractivity contribution in [1.29, 1.82) is 0 Å². The van der Waals surface area contributed by atoms with Crippen LogP contribution in [0.15, 0.2) is 24.3 Å². The van der Waals surface area contributed by atoms with Gasteiger partial charge in [-0.2, -0.15) is 13.2 Å². The summed E-state index contributed by atoms with van der Waals surface area (Å²) in [6.45, 7) is 1.76. The van der Waals surface area contributed by atoms with Crippen molar-refractivity contribution in [3.63, 3.8) is 0 Å². The van der Waals surface area contributed by atoms with Crippen LogP contribution in [0, 0.1) is 0 Å². The highest BCUT2D eigenvalue weighted by Gasteiger charge is 2.40. The molecule has 3 nitrogen and oxygen atoms in total. The van der Waals surface area contributed by atoms with Gasteiger partial charge in [0.25, 0.3) is 5.91 Å². The number of halogens is 3. The smallest absolute Gasteiger partial charge is 0.363 e. The third kappa shape index (κ3) is 3.10. The lowest BCUT2D eigenvalue weighted by Gasteiger charge is -2.37.